The molecule has 98 valence electrons. The van der Waals surface area contributed by atoms with E-state index in [-0.39, 0.29) is 17.1 Å². The average molecular weight is 259 g/mol. The van der Waals surface area contributed by atoms with Gasteiger partial charge in [-0.2, -0.15) is 13.2 Å². The van der Waals surface area contributed by atoms with Gasteiger partial charge in [-0.15, -0.1) is 0 Å². The number of hydrogen-bond donors (Lipinski definition) is 2. The maximum absolute atomic E-state index is 12.9. The summed E-state index contributed by atoms with van der Waals surface area (Å²) in [5.41, 5.74) is -1.05. The standard InChI is InChI=1S/C11H13BF3NO2/c13-11(14,15)9-5-8(12(17)18)6-16-10(9)7-3-1-2-4-7/h5-7,17-18H,1-4H2. The van der Waals surface area contributed by atoms with Gasteiger partial charge >= 0.3 is 13.3 Å². The van der Waals surface area contributed by atoms with E-state index in [1.54, 1.807) is 0 Å². The van der Waals surface area contributed by atoms with Gasteiger partial charge in [0.2, 0.25) is 0 Å². The Kier molecular flexibility index (Phi) is 3.63. The van der Waals surface area contributed by atoms with Crippen molar-refractivity contribution in [3.8, 4) is 0 Å². The number of pyridine rings is 1. The van der Waals surface area contributed by atoms with E-state index in [4.69, 9.17) is 10.0 Å². The molecular formula is C11H13BF3NO2. The van der Waals surface area contributed by atoms with Crippen molar-refractivity contribution >= 4 is 12.6 Å². The largest absolute Gasteiger partial charge is 0.490 e. The van der Waals surface area contributed by atoms with Crippen molar-refractivity contribution in [1.82, 2.24) is 4.98 Å². The highest BCUT2D eigenvalue weighted by Gasteiger charge is 2.37. The Labute approximate surface area is 103 Å². The first-order valence-corrected chi connectivity index (χ1v) is 5.83. The summed E-state index contributed by atoms with van der Waals surface area (Å²) >= 11 is 0. The SMILES string of the molecule is OB(O)c1cnc(C2CCCC2)c(C(F)(F)F)c1. The van der Waals surface area contributed by atoms with Crippen LogP contribution >= 0.6 is 0 Å². The Hall–Kier alpha value is -1.08. The molecule has 1 heterocycles. The van der Waals surface area contributed by atoms with E-state index in [1.807, 2.05) is 0 Å². The molecule has 0 radical (unpaired) electrons. The zero-order valence-electron chi connectivity index (χ0n) is 9.61. The minimum Gasteiger partial charge on any atom is -0.423 e. The topological polar surface area (TPSA) is 53.4 Å². The maximum atomic E-state index is 12.9. The summed E-state index contributed by atoms with van der Waals surface area (Å²) in [6, 6.07) is 0.783. The number of alkyl halides is 3. The fourth-order valence-corrected chi connectivity index (χ4v) is 2.38. The van der Waals surface area contributed by atoms with Crippen LogP contribution in [0.5, 0.6) is 0 Å². The zero-order chi connectivity index (χ0) is 13.3. The van der Waals surface area contributed by atoms with Crippen LogP contribution in [0, 0.1) is 0 Å². The van der Waals surface area contributed by atoms with Crippen LogP contribution in [0.3, 0.4) is 0 Å². The molecule has 0 atom stereocenters. The van der Waals surface area contributed by atoms with Crippen molar-refractivity contribution in [2.75, 3.05) is 0 Å². The van der Waals surface area contributed by atoms with Gasteiger partial charge in [-0.05, 0) is 18.9 Å². The summed E-state index contributed by atoms with van der Waals surface area (Å²) in [5, 5.41) is 17.8. The van der Waals surface area contributed by atoms with Gasteiger partial charge in [-0.1, -0.05) is 12.8 Å². The van der Waals surface area contributed by atoms with Crippen molar-refractivity contribution in [2.45, 2.75) is 37.8 Å². The quantitative estimate of drug-likeness (QED) is 0.790. The molecule has 1 aliphatic rings. The molecule has 0 spiro atoms. The molecule has 7 heteroatoms. The Morgan fingerprint density at radius 1 is 1.22 bits per heavy atom. The van der Waals surface area contributed by atoms with Crippen LogP contribution in [0.1, 0.15) is 42.9 Å². The molecule has 18 heavy (non-hydrogen) atoms. The molecule has 1 saturated carbocycles. The van der Waals surface area contributed by atoms with E-state index in [1.165, 1.54) is 0 Å². The predicted molar refractivity (Wildman–Crippen MR) is 60.3 cm³/mol. The van der Waals surface area contributed by atoms with Crippen LogP contribution in [0.4, 0.5) is 13.2 Å². The lowest BCUT2D eigenvalue weighted by molar-refractivity contribution is -0.138. The monoisotopic (exact) mass is 259 g/mol. The fraction of sp³-hybridized carbons (Fsp3) is 0.545. The highest BCUT2D eigenvalue weighted by atomic mass is 19.4. The predicted octanol–water partition coefficient (Wildman–Crippen LogP) is 1.44. The van der Waals surface area contributed by atoms with Crippen LogP contribution in [0.2, 0.25) is 0 Å². The third-order valence-corrected chi connectivity index (χ3v) is 3.29. The number of nitrogens with zero attached hydrogens (tertiary/aromatic N) is 1. The molecule has 0 aromatic carbocycles. The van der Waals surface area contributed by atoms with Crippen molar-refractivity contribution in [3.63, 3.8) is 0 Å². The molecule has 1 fully saturated rings. The summed E-state index contributed by atoms with van der Waals surface area (Å²) in [7, 11) is -1.93. The second-order valence-electron chi connectivity index (χ2n) is 4.55. The van der Waals surface area contributed by atoms with E-state index in [9.17, 15) is 13.2 Å². The van der Waals surface area contributed by atoms with Crippen molar-refractivity contribution in [3.05, 3.63) is 23.5 Å². The van der Waals surface area contributed by atoms with Crippen LogP contribution in [-0.4, -0.2) is 22.2 Å². The fourth-order valence-electron chi connectivity index (χ4n) is 2.38. The summed E-state index contributed by atoms with van der Waals surface area (Å²) < 4.78 is 38.8. The first kappa shape index (κ1) is 13.4. The lowest BCUT2D eigenvalue weighted by atomic mass is 9.80. The van der Waals surface area contributed by atoms with Gasteiger partial charge in [0.1, 0.15) is 0 Å². The molecule has 2 N–H and O–H groups in total. The highest BCUT2D eigenvalue weighted by Crippen LogP contribution is 2.39. The summed E-state index contributed by atoms with van der Waals surface area (Å²) in [6.45, 7) is 0. The van der Waals surface area contributed by atoms with E-state index in [0.29, 0.717) is 12.8 Å². The molecular weight excluding hydrogens is 246 g/mol. The third-order valence-electron chi connectivity index (χ3n) is 3.29. The molecule has 1 aliphatic carbocycles. The molecule has 3 nitrogen and oxygen atoms in total. The van der Waals surface area contributed by atoms with Gasteiger partial charge in [0.05, 0.1) is 11.3 Å². The Morgan fingerprint density at radius 3 is 2.33 bits per heavy atom. The molecule has 0 amide bonds. The van der Waals surface area contributed by atoms with Gasteiger partial charge in [0.25, 0.3) is 0 Å². The Morgan fingerprint density at radius 2 is 1.83 bits per heavy atom. The summed E-state index contributed by atoms with van der Waals surface area (Å²) in [4.78, 5) is 3.81. The van der Waals surface area contributed by atoms with Gasteiger partial charge < -0.3 is 10.0 Å². The van der Waals surface area contributed by atoms with Crippen LogP contribution in [0.15, 0.2) is 12.3 Å². The zero-order valence-corrected chi connectivity index (χ0v) is 9.61. The molecule has 0 bridgehead atoms. The van der Waals surface area contributed by atoms with Gasteiger partial charge in [0, 0.05) is 17.6 Å². The van der Waals surface area contributed by atoms with Gasteiger partial charge in [-0.25, -0.2) is 0 Å². The summed E-state index contributed by atoms with van der Waals surface area (Å²) in [6.07, 6.45) is -0.181. The lowest BCUT2D eigenvalue weighted by Crippen LogP contribution is -2.32. The van der Waals surface area contributed by atoms with E-state index in [2.05, 4.69) is 4.98 Å². The van der Waals surface area contributed by atoms with E-state index < -0.39 is 18.9 Å². The average Bonchev–Trinajstić information content (AvgIpc) is 2.80. The normalized spacial score (nSPS) is 17.2. The number of hydrogen-bond acceptors (Lipinski definition) is 3. The van der Waals surface area contributed by atoms with Crippen molar-refractivity contribution in [1.29, 1.82) is 0 Å². The first-order chi connectivity index (χ1) is 8.39. The molecule has 0 saturated heterocycles. The molecule has 0 unspecified atom stereocenters. The van der Waals surface area contributed by atoms with Crippen molar-refractivity contribution < 1.29 is 23.2 Å². The second-order valence-corrected chi connectivity index (χ2v) is 4.55. The van der Waals surface area contributed by atoms with Gasteiger partial charge in [0.15, 0.2) is 0 Å². The smallest absolute Gasteiger partial charge is 0.423 e. The maximum Gasteiger partial charge on any atom is 0.490 e. The van der Waals surface area contributed by atoms with Gasteiger partial charge in [-0.3, -0.25) is 4.98 Å². The second kappa shape index (κ2) is 4.89. The Bertz CT molecular complexity index is 431. The minimum absolute atomic E-state index is 0.0319. The van der Waals surface area contributed by atoms with Crippen molar-refractivity contribution in [2.24, 2.45) is 0 Å². The third kappa shape index (κ3) is 2.67. The lowest BCUT2D eigenvalue weighted by Gasteiger charge is -2.17. The van der Waals surface area contributed by atoms with Crippen LogP contribution in [-0.2, 0) is 6.18 Å². The molecule has 0 aliphatic heterocycles. The molecule has 1 aromatic rings. The Balaban J connectivity index is 2.45. The minimum atomic E-state index is -4.52. The first-order valence-electron chi connectivity index (χ1n) is 5.83. The van der Waals surface area contributed by atoms with E-state index in [0.717, 1.165) is 25.1 Å². The number of rotatable bonds is 2. The molecule has 2 rings (SSSR count). The summed E-state index contributed by atoms with van der Waals surface area (Å²) in [5.74, 6) is -0.175. The van der Waals surface area contributed by atoms with E-state index >= 15 is 0 Å². The molecule has 1 aromatic heterocycles. The number of halogens is 3. The van der Waals surface area contributed by atoms with Crippen LogP contribution < -0.4 is 5.46 Å². The van der Waals surface area contributed by atoms with Crippen LogP contribution in [0.25, 0.3) is 0 Å². The highest BCUT2D eigenvalue weighted by molar-refractivity contribution is 6.58. The number of aromatic nitrogens is 1.